The lowest BCUT2D eigenvalue weighted by atomic mass is 10.2. The van der Waals surface area contributed by atoms with Crippen LogP contribution < -0.4 is 16.2 Å². The first-order valence-electron chi connectivity index (χ1n) is 5.84. The van der Waals surface area contributed by atoms with Crippen molar-refractivity contribution in [3.05, 3.63) is 47.9 Å². The fourth-order valence-corrected chi connectivity index (χ4v) is 2.04. The van der Waals surface area contributed by atoms with Crippen molar-refractivity contribution in [2.24, 2.45) is 5.14 Å². The molecule has 1 amide bonds. The molecule has 0 aliphatic rings. The summed E-state index contributed by atoms with van der Waals surface area (Å²) in [6.45, 7) is 0.218. The summed E-state index contributed by atoms with van der Waals surface area (Å²) in [6.07, 6.45) is 2.56. The molecule has 0 fully saturated rings. The number of amides is 1. The summed E-state index contributed by atoms with van der Waals surface area (Å²) >= 11 is 0. The molecule has 0 atom stereocenters. The van der Waals surface area contributed by atoms with Crippen LogP contribution in [0.2, 0.25) is 0 Å². The molecule has 0 bridgehead atoms. The molecule has 0 unspecified atom stereocenters. The van der Waals surface area contributed by atoms with Crippen LogP contribution in [-0.4, -0.2) is 24.3 Å². The van der Waals surface area contributed by atoms with Crippen molar-refractivity contribution in [2.45, 2.75) is 11.4 Å². The summed E-state index contributed by atoms with van der Waals surface area (Å²) in [6, 6.07) is 5.88. The minimum absolute atomic E-state index is 0.0157. The van der Waals surface area contributed by atoms with E-state index in [4.69, 9.17) is 10.9 Å². The molecular weight excluding hydrogens is 294 g/mol. The number of benzene rings is 1. The molecule has 9 heteroatoms. The highest BCUT2D eigenvalue weighted by Crippen LogP contribution is 2.08. The van der Waals surface area contributed by atoms with Crippen LogP contribution in [0.1, 0.15) is 16.1 Å². The molecule has 1 heterocycles. The van der Waals surface area contributed by atoms with Crippen molar-refractivity contribution in [1.82, 2.24) is 15.3 Å². The molecule has 0 radical (unpaired) electrons. The van der Waals surface area contributed by atoms with Gasteiger partial charge in [-0.15, -0.1) is 0 Å². The number of nitrogens with two attached hydrogens (primary N) is 2. The summed E-state index contributed by atoms with van der Waals surface area (Å²) in [5.74, 6) is -0.178. The molecule has 0 spiro atoms. The van der Waals surface area contributed by atoms with Crippen LogP contribution in [0.5, 0.6) is 0 Å². The summed E-state index contributed by atoms with van der Waals surface area (Å²) in [5.41, 5.74) is 6.24. The number of carbonyl (C=O) groups is 1. The molecule has 1 aromatic heterocycles. The van der Waals surface area contributed by atoms with E-state index in [2.05, 4.69) is 15.3 Å². The van der Waals surface area contributed by atoms with Crippen LogP contribution >= 0.6 is 0 Å². The highest BCUT2D eigenvalue weighted by atomic mass is 32.2. The van der Waals surface area contributed by atoms with Crippen molar-refractivity contribution in [3.8, 4) is 0 Å². The molecule has 2 aromatic rings. The molecule has 8 nitrogen and oxygen atoms in total. The van der Waals surface area contributed by atoms with E-state index in [1.165, 1.54) is 24.5 Å². The maximum atomic E-state index is 11.8. The Morgan fingerprint density at radius 2 is 1.81 bits per heavy atom. The normalized spacial score (nSPS) is 11.1. The summed E-state index contributed by atoms with van der Waals surface area (Å²) < 4.78 is 22.2. The Morgan fingerprint density at radius 3 is 2.33 bits per heavy atom. The van der Waals surface area contributed by atoms with Crippen molar-refractivity contribution < 1.29 is 13.2 Å². The van der Waals surface area contributed by atoms with Gasteiger partial charge in [-0.3, -0.25) is 4.79 Å². The molecule has 21 heavy (non-hydrogen) atoms. The van der Waals surface area contributed by atoms with E-state index < -0.39 is 15.9 Å². The van der Waals surface area contributed by atoms with E-state index >= 15 is 0 Å². The minimum atomic E-state index is -3.72. The number of carbonyl (C=O) groups excluding carboxylic acids is 1. The van der Waals surface area contributed by atoms with Gasteiger partial charge in [-0.25, -0.2) is 23.5 Å². The molecule has 1 aromatic carbocycles. The number of sulfonamides is 1. The Balaban J connectivity index is 2.00. The quantitative estimate of drug-likeness (QED) is 0.704. The molecule has 0 aliphatic carbocycles. The van der Waals surface area contributed by atoms with E-state index in [-0.39, 0.29) is 23.0 Å². The summed E-state index contributed by atoms with van der Waals surface area (Å²) in [4.78, 5) is 19.4. The number of hydrogen-bond acceptors (Lipinski definition) is 6. The fourth-order valence-electron chi connectivity index (χ4n) is 1.53. The van der Waals surface area contributed by atoms with Crippen LogP contribution in [0.4, 0.5) is 5.82 Å². The average molecular weight is 307 g/mol. The third-order valence-corrected chi connectivity index (χ3v) is 3.54. The third-order valence-electron chi connectivity index (χ3n) is 2.61. The second kappa shape index (κ2) is 5.85. The van der Waals surface area contributed by atoms with Gasteiger partial charge < -0.3 is 11.1 Å². The first kappa shape index (κ1) is 14.9. The van der Waals surface area contributed by atoms with Crippen LogP contribution in [0.3, 0.4) is 0 Å². The number of hydrogen-bond donors (Lipinski definition) is 3. The highest BCUT2D eigenvalue weighted by molar-refractivity contribution is 7.89. The van der Waals surface area contributed by atoms with Gasteiger partial charge in [0.25, 0.3) is 5.91 Å². The Labute approximate surface area is 121 Å². The van der Waals surface area contributed by atoms with Gasteiger partial charge in [0.15, 0.2) is 0 Å². The average Bonchev–Trinajstić information content (AvgIpc) is 2.45. The predicted molar refractivity (Wildman–Crippen MR) is 75.4 cm³/mol. The molecular formula is C12H13N5O3S. The number of nitrogens with zero attached hydrogens (tertiary/aromatic N) is 2. The predicted octanol–water partition coefficient (Wildman–Crippen LogP) is -0.364. The molecule has 110 valence electrons. The fraction of sp³-hybridized carbons (Fsp3) is 0.0833. The zero-order chi connectivity index (χ0) is 15.5. The van der Waals surface area contributed by atoms with Gasteiger partial charge in [-0.2, -0.15) is 0 Å². The first-order valence-corrected chi connectivity index (χ1v) is 7.38. The van der Waals surface area contributed by atoms with Gasteiger partial charge in [0, 0.05) is 6.54 Å². The van der Waals surface area contributed by atoms with Gasteiger partial charge in [0.05, 0.1) is 17.3 Å². The maximum absolute atomic E-state index is 11.8. The van der Waals surface area contributed by atoms with Gasteiger partial charge in [0.2, 0.25) is 10.0 Å². The largest absolute Gasteiger partial charge is 0.382 e. The Hall–Kier alpha value is -2.52. The number of rotatable bonds is 4. The van der Waals surface area contributed by atoms with Crippen molar-refractivity contribution in [1.29, 1.82) is 0 Å². The van der Waals surface area contributed by atoms with Gasteiger partial charge in [0.1, 0.15) is 11.5 Å². The number of primary sulfonamides is 1. The first-order chi connectivity index (χ1) is 9.86. The zero-order valence-corrected chi connectivity index (χ0v) is 11.7. The topological polar surface area (TPSA) is 141 Å². The maximum Gasteiger partial charge on any atom is 0.271 e. The number of nitrogen functional groups attached to an aromatic ring is 1. The molecule has 5 N–H and O–H groups in total. The van der Waals surface area contributed by atoms with Crippen LogP contribution in [0, 0.1) is 0 Å². The smallest absolute Gasteiger partial charge is 0.271 e. The monoisotopic (exact) mass is 307 g/mol. The van der Waals surface area contributed by atoms with Crippen molar-refractivity contribution in [3.63, 3.8) is 0 Å². The lowest BCUT2D eigenvalue weighted by molar-refractivity contribution is 0.0945. The number of aromatic nitrogens is 2. The zero-order valence-electron chi connectivity index (χ0n) is 10.9. The highest BCUT2D eigenvalue weighted by Gasteiger charge is 2.09. The third kappa shape index (κ3) is 3.97. The second-order valence-corrected chi connectivity index (χ2v) is 5.76. The van der Waals surface area contributed by atoms with E-state index in [0.717, 1.165) is 5.56 Å². The Bertz CT molecular complexity index is 741. The van der Waals surface area contributed by atoms with Gasteiger partial charge in [-0.1, -0.05) is 12.1 Å². The van der Waals surface area contributed by atoms with Crippen molar-refractivity contribution >= 4 is 21.7 Å². The van der Waals surface area contributed by atoms with Crippen LogP contribution in [0.15, 0.2) is 41.6 Å². The lowest BCUT2D eigenvalue weighted by Crippen LogP contribution is -2.24. The van der Waals surface area contributed by atoms with Crippen LogP contribution in [-0.2, 0) is 16.6 Å². The minimum Gasteiger partial charge on any atom is -0.382 e. The van der Waals surface area contributed by atoms with Gasteiger partial charge in [-0.05, 0) is 17.7 Å². The van der Waals surface area contributed by atoms with E-state index in [9.17, 15) is 13.2 Å². The Morgan fingerprint density at radius 1 is 1.14 bits per heavy atom. The molecule has 2 rings (SSSR count). The Kier molecular flexibility index (Phi) is 4.15. The van der Waals surface area contributed by atoms with E-state index in [1.54, 1.807) is 12.1 Å². The van der Waals surface area contributed by atoms with E-state index in [0.29, 0.717) is 0 Å². The summed E-state index contributed by atoms with van der Waals surface area (Å²) in [5, 5.41) is 7.62. The van der Waals surface area contributed by atoms with Crippen molar-refractivity contribution in [2.75, 3.05) is 5.73 Å². The van der Waals surface area contributed by atoms with E-state index in [1.807, 2.05) is 0 Å². The molecule has 0 saturated carbocycles. The number of anilines is 1. The number of nitrogens with one attached hydrogen (secondary N) is 1. The second-order valence-electron chi connectivity index (χ2n) is 4.20. The lowest BCUT2D eigenvalue weighted by Gasteiger charge is -2.05. The van der Waals surface area contributed by atoms with Gasteiger partial charge >= 0.3 is 0 Å². The SMILES string of the molecule is Nc1cnc(C(=O)NCc2ccc(S(N)(=O)=O)cc2)cn1. The van der Waals surface area contributed by atoms with Crippen LogP contribution in [0.25, 0.3) is 0 Å². The molecule has 0 aliphatic heterocycles. The summed E-state index contributed by atoms with van der Waals surface area (Å²) in [7, 11) is -3.72. The standard InChI is InChI=1S/C12H13N5O3S/c13-11-7-15-10(6-16-11)12(18)17-5-8-1-3-9(4-2-8)21(14,19)20/h1-4,6-7H,5H2,(H2,13,16)(H,17,18)(H2,14,19,20). The molecule has 0 saturated heterocycles.